The van der Waals surface area contributed by atoms with E-state index in [1.54, 1.807) is 30.2 Å². The van der Waals surface area contributed by atoms with Gasteiger partial charge in [-0.15, -0.1) is 0 Å². The Balaban J connectivity index is 1.79. The summed E-state index contributed by atoms with van der Waals surface area (Å²) in [6, 6.07) is 12.6. The SMILES string of the molecule is COc1cccc(-c2ccc(C(=O)N3CCOCC3CO)cc2)n1. The second-order valence-electron chi connectivity index (χ2n) is 5.55. The van der Waals surface area contributed by atoms with E-state index in [2.05, 4.69) is 4.98 Å². The lowest BCUT2D eigenvalue weighted by Crippen LogP contribution is -2.50. The standard InChI is InChI=1S/C18H20N2O4/c1-23-17-4-2-3-16(19-17)13-5-7-14(8-6-13)18(22)20-9-10-24-12-15(20)11-21/h2-8,15,21H,9-12H2,1H3. The normalized spacial score (nSPS) is 17.6. The summed E-state index contributed by atoms with van der Waals surface area (Å²) in [6.45, 7) is 1.25. The van der Waals surface area contributed by atoms with Crippen molar-refractivity contribution in [3.05, 3.63) is 48.0 Å². The van der Waals surface area contributed by atoms with E-state index in [1.165, 1.54) is 0 Å². The second kappa shape index (κ2) is 7.42. The van der Waals surface area contributed by atoms with Crippen LogP contribution in [0, 0.1) is 0 Å². The number of aliphatic hydroxyl groups excluding tert-OH is 1. The molecular weight excluding hydrogens is 308 g/mol. The first-order valence-electron chi connectivity index (χ1n) is 7.84. The monoisotopic (exact) mass is 328 g/mol. The van der Waals surface area contributed by atoms with Gasteiger partial charge in [-0.1, -0.05) is 18.2 Å². The van der Waals surface area contributed by atoms with Crippen molar-refractivity contribution in [3.8, 4) is 17.1 Å². The molecule has 3 rings (SSSR count). The number of rotatable bonds is 4. The van der Waals surface area contributed by atoms with Crippen LogP contribution in [0.1, 0.15) is 10.4 Å². The fraction of sp³-hybridized carbons (Fsp3) is 0.333. The number of morpholine rings is 1. The van der Waals surface area contributed by atoms with E-state index < -0.39 is 0 Å². The Bertz CT molecular complexity index is 702. The Hall–Kier alpha value is -2.44. The first-order chi connectivity index (χ1) is 11.7. The topological polar surface area (TPSA) is 71.9 Å². The third kappa shape index (κ3) is 3.39. The molecule has 0 aliphatic carbocycles. The fourth-order valence-corrected chi connectivity index (χ4v) is 2.71. The Kier molecular flexibility index (Phi) is 5.08. The number of pyridine rings is 1. The van der Waals surface area contributed by atoms with Gasteiger partial charge in [-0.05, 0) is 18.2 Å². The molecule has 6 heteroatoms. The molecule has 1 aromatic heterocycles. The van der Waals surface area contributed by atoms with Gasteiger partial charge in [0.2, 0.25) is 5.88 Å². The zero-order valence-corrected chi connectivity index (χ0v) is 13.5. The van der Waals surface area contributed by atoms with Crippen LogP contribution in [0.5, 0.6) is 5.88 Å². The predicted octanol–water partition coefficient (Wildman–Crippen LogP) is 1.59. The zero-order chi connectivity index (χ0) is 16.9. The molecule has 1 aliphatic heterocycles. The molecule has 1 unspecified atom stereocenters. The average Bonchev–Trinajstić information content (AvgIpc) is 2.67. The number of hydrogen-bond acceptors (Lipinski definition) is 5. The van der Waals surface area contributed by atoms with Crippen molar-refractivity contribution in [2.75, 3.05) is 33.5 Å². The molecular formula is C18H20N2O4. The van der Waals surface area contributed by atoms with E-state index in [0.717, 1.165) is 11.3 Å². The van der Waals surface area contributed by atoms with Crippen LogP contribution in [0.15, 0.2) is 42.5 Å². The Morgan fingerprint density at radius 2 is 2.12 bits per heavy atom. The van der Waals surface area contributed by atoms with Gasteiger partial charge >= 0.3 is 0 Å². The van der Waals surface area contributed by atoms with Gasteiger partial charge in [0.25, 0.3) is 5.91 Å². The summed E-state index contributed by atoms with van der Waals surface area (Å²) in [7, 11) is 1.58. The number of aromatic nitrogens is 1. The summed E-state index contributed by atoms with van der Waals surface area (Å²) in [6.07, 6.45) is 0. The molecule has 24 heavy (non-hydrogen) atoms. The van der Waals surface area contributed by atoms with Crippen molar-refractivity contribution >= 4 is 5.91 Å². The third-order valence-corrected chi connectivity index (χ3v) is 4.06. The van der Waals surface area contributed by atoms with E-state index in [1.807, 2.05) is 24.3 Å². The van der Waals surface area contributed by atoms with Crippen molar-refractivity contribution in [1.29, 1.82) is 0 Å². The van der Waals surface area contributed by atoms with Gasteiger partial charge < -0.3 is 19.5 Å². The number of hydrogen-bond donors (Lipinski definition) is 1. The van der Waals surface area contributed by atoms with Gasteiger partial charge in [-0.3, -0.25) is 4.79 Å². The van der Waals surface area contributed by atoms with E-state index in [4.69, 9.17) is 9.47 Å². The second-order valence-corrected chi connectivity index (χ2v) is 5.55. The van der Waals surface area contributed by atoms with E-state index in [-0.39, 0.29) is 18.6 Å². The van der Waals surface area contributed by atoms with Crippen molar-refractivity contribution in [2.45, 2.75) is 6.04 Å². The fourth-order valence-electron chi connectivity index (χ4n) is 2.71. The average molecular weight is 328 g/mol. The highest BCUT2D eigenvalue weighted by atomic mass is 16.5. The van der Waals surface area contributed by atoms with Crippen LogP contribution in [0.2, 0.25) is 0 Å². The summed E-state index contributed by atoms with van der Waals surface area (Å²) in [5.74, 6) is 0.453. The van der Waals surface area contributed by atoms with Crippen LogP contribution in [-0.4, -0.2) is 60.4 Å². The minimum Gasteiger partial charge on any atom is -0.481 e. The van der Waals surface area contributed by atoms with E-state index >= 15 is 0 Å². The number of carbonyl (C=O) groups is 1. The molecule has 0 bridgehead atoms. The van der Waals surface area contributed by atoms with Crippen LogP contribution in [-0.2, 0) is 4.74 Å². The molecule has 0 radical (unpaired) electrons. The Morgan fingerprint density at radius 3 is 2.83 bits per heavy atom. The first-order valence-corrected chi connectivity index (χ1v) is 7.84. The molecule has 0 spiro atoms. The van der Waals surface area contributed by atoms with E-state index in [9.17, 15) is 9.90 Å². The lowest BCUT2D eigenvalue weighted by molar-refractivity contribution is -0.0183. The van der Waals surface area contributed by atoms with Gasteiger partial charge in [-0.25, -0.2) is 4.98 Å². The number of amides is 1. The molecule has 2 heterocycles. The van der Waals surface area contributed by atoms with Crippen molar-refractivity contribution in [2.24, 2.45) is 0 Å². The lowest BCUT2D eigenvalue weighted by atomic mass is 10.1. The third-order valence-electron chi connectivity index (χ3n) is 4.06. The number of carbonyl (C=O) groups excluding carboxylic acids is 1. The maximum absolute atomic E-state index is 12.6. The maximum Gasteiger partial charge on any atom is 0.254 e. The minimum atomic E-state index is -0.286. The number of benzene rings is 1. The highest BCUT2D eigenvalue weighted by molar-refractivity contribution is 5.95. The molecule has 1 saturated heterocycles. The predicted molar refractivity (Wildman–Crippen MR) is 89.0 cm³/mol. The van der Waals surface area contributed by atoms with Crippen LogP contribution in [0.4, 0.5) is 0 Å². The van der Waals surface area contributed by atoms with E-state index in [0.29, 0.717) is 31.2 Å². The Labute approximate surface area is 140 Å². The van der Waals surface area contributed by atoms with Gasteiger partial charge in [0.15, 0.2) is 0 Å². The molecule has 2 aromatic rings. The molecule has 1 fully saturated rings. The summed E-state index contributed by atoms with van der Waals surface area (Å²) in [5, 5.41) is 9.41. The molecule has 6 nitrogen and oxygen atoms in total. The molecule has 1 atom stereocenters. The van der Waals surface area contributed by atoms with Gasteiger partial charge in [0.1, 0.15) is 0 Å². The van der Waals surface area contributed by atoms with Crippen LogP contribution in [0.25, 0.3) is 11.3 Å². The van der Waals surface area contributed by atoms with Gasteiger partial charge in [0.05, 0.1) is 38.7 Å². The summed E-state index contributed by atoms with van der Waals surface area (Å²) < 4.78 is 10.4. The number of nitrogens with zero attached hydrogens (tertiary/aromatic N) is 2. The molecule has 1 N–H and O–H groups in total. The minimum absolute atomic E-state index is 0.0949. The van der Waals surface area contributed by atoms with Gasteiger partial charge in [0, 0.05) is 23.7 Å². The van der Waals surface area contributed by atoms with Crippen molar-refractivity contribution in [1.82, 2.24) is 9.88 Å². The highest BCUT2D eigenvalue weighted by Gasteiger charge is 2.27. The van der Waals surface area contributed by atoms with Crippen LogP contribution >= 0.6 is 0 Å². The number of methoxy groups -OCH3 is 1. The maximum atomic E-state index is 12.6. The zero-order valence-electron chi connectivity index (χ0n) is 13.5. The first kappa shape index (κ1) is 16.4. The van der Waals surface area contributed by atoms with Crippen molar-refractivity contribution in [3.63, 3.8) is 0 Å². The van der Waals surface area contributed by atoms with Gasteiger partial charge in [-0.2, -0.15) is 0 Å². The van der Waals surface area contributed by atoms with Crippen molar-refractivity contribution < 1.29 is 19.4 Å². The molecule has 0 saturated carbocycles. The number of ether oxygens (including phenoxy) is 2. The molecule has 126 valence electrons. The smallest absolute Gasteiger partial charge is 0.254 e. The number of aliphatic hydroxyl groups is 1. The quantitative estimate of drug-likeness (QED) is 0.923. The highest BCUT2D eigenvalue weighted by Crippen LogP contribution is 2.21. The lowest BCUT2D eigenvalue weighted by Gasteiger charge is -2.34. The Morgan fingerprint density at radius 1 is 1.33 bits per heavy atom. The van der Waals surface area contributed by atoms with Crippen LogP contribution in [0.3, 0.4) is 0 Å². The van der Waals surface area contributed by atoms with Crippen LogP contribution < -0.4 is 4.74 Å². The largest absolute Gasteiger partial charge is 0.481 e. The summed E-state index contributed by atoms with van der Waals surface area (Å²) >= 11 is 0. The summed E-state index contributed by atoms with van der Waals surface area (Å²) in [4.78, 5) is 18.7. The molecule has 1 aromatic carbocycles. The molecule has 1 amide bonds. The molecule has 1 aliphatic rings. The summed E-state index contributed by atoms with van der Waals surface area (Å²) in [5.41, 5.74) is 2.28.